The van der Waals surface area contributed by atoms with Crippen LogP contribution in [0.4, 0.5) is 10.1 Å². The molecule has 1 aliphatic rings. The van der Waals surface area contributed by atoms with Gasteiger partial charge in [-0.2, -0.15) is 0 Å². The van der Waals surface area contributed by atoms with Gasteiger partial charge in [0.05, 0.1) is 22.6 Å². The minimum Gasteiger partial charge on any atom is -0.457 e. The number of rotatable bonds is 1. The van der Waals surface area contributed by atoms with Crippen LogP contribution in [0.5, 0.6) is 0 Å². The van der Waals surface area contributed by atoms with Gasteiger partial charge in [0.25, 0.3) is 0 Å². The summed E-state index contributed by atoms with van der Waals surface area (Å²) < 4.78 is 19.9. The molecule has 2 aromatic carbocycles. The fraction of sp³-hybridized carbons (Fsp3) is 0.167. The van der Waals surface area contributed by atoms with Crippen molar-refractivity contribution in [1.29, 1.82) is 0 Å². The molecule has 0 amide bonds. The minimum atomic E-state index is -0.280. The molecule has 0 saturated heterocycles. The Labute approximate surface area is 136 Å². The van der Waals surface area contributed by atoms with Crippen molar-refractivity contribution in [3.05, 3.63) is 74.9 Å². The van der Waals surface area contributed by atoms with E-state index in [1.54, 1.807) is 36.4 Å². The summed E-state index contributed by atoms with van der Waals surface area (Å²) in [5.74, 6) is 0.280. The standard InChI is InChI=1S/C18H13ClFNO2/c19-13-5-3-4-12-17(22)11-8-9-21(10-16(11)23-18(12)13)15-7-2-1-6-14(15)20/h1-7H,8-10H2. The molecule has 0 aliphatic carbocycles. The van der Waals surface area contributed by atoms with Crippen molar-refractivity contribution in [2.75, 3.05) is 11.4 Å². The molecule has 2 heterocycles. The Bertz CT molecular complexity index is 967. The Morgan fingerprint density at radius 1 is 1.13 bits per heavy atom. The zero-order chi connectivity index (χ0) is 16.0. The average molecular weight is 330 g/mol. The van der Waals surface area contributed by atoms with Crippen molar-refractivity contribution in [2.45, 2.75) is 13.0 Å². The fourth-order valence-corrected chi connectivity index (χ4v) is 3.27. The molecule has 0 saturated carbocycles. The average Bonchev–Trinajstić information content (AvgIpc) is 2.56. The molecule has 1 aliphatic heterocycles. The van der Waals surface area contributed by atoms with Crippen molar-refractivity contribution in [3.63, 3.8) is 0 Å². The van der Waals surface area contributed by atoms with E-state index in [1.807, 2.05) is 4.90 Å². The summed E-state index contributed by atoms with van der Waals surface area (Å²) >= 11 is 6.14. The van der Waals surface area contributed by atoms with Crippen LogP contribution in [0.25, 0.3) is 11.0 Å². The third-order valence-electron chi connectivity index (χ3n) is 4.21. The molecule has 1 aromatic heterocycles. The summed E-state index contributed by atoms with van der Waals surface area (Å²) in [5, 5.41) is 0.904. The van der Waals surface area contributed by atoms with Crippen LogP contribution >= 0.6 is 11.6 Å². The van der Waals surface area contributed by atoms with Crippen LogP contribution in [0.1, 0.15) is 11.3 Å². The van der Waals surface area contributed by atoms with Gasteiger partial charge >= 0.3 is 0 Å². The first-order valence-corrected chi connectivity index (χ1v) is 7.75. The fourth-order valence-electron chi connectivity index (χ4n) is 3.06. The second-order valence-corrected chi connectivity index (χ2v) is 5.98. The van der Waals surface area contributed by atoms with Crippen molar-refractivity contribution in [3.8, 4) is 0 Å². The van der Waals surface area contributed by atoms with Gasteiger partial charge in [0, 0.05) is 12.1 Å². The monoisotopic (exact) mass is 329 g/mol. The summed E-state index contributed by atoms with van der Waals surface area (Å²) in [6.45, 7) is 0.928. The van der Waals surface area contributed by atoms with E-state index in [-0.39, 0.29) is 11.2 Å². The van der Waals surface area contributed by atoms with Gasteiger partial charge in [0.15, 0.2) is 11.0 Å². The molecule has 0 spiro atoms. The van der Waals surface area contributed by atoms with Gasteiger partial charge in [-0.3, -0.25) is 4.79 Å². The molecule has 116 valence electrons. The molecule has 0 radical (unpaired) electrons. The van der Waals surface area contributed by atoms with Gasteiger partial charge in [0.2, 0.25) is 0 Å². The Balaban J connectivity index is 1.84. The molecule has 0 atom stereocenters. The highest BCUT2D eigenvalue weighted by Gasteiger charge is 2.24. The summed E-state index contributed by atoms with van der Waals surface area (Å²) in [5.41, 5.74) is 1.53. The zero-order valence-corrected chi connectivity index (χ0v) is 12.9. The Morgan fingerprint density at radius 2 is 1.96 bits per heavy atom. The van der Waals surface area contributed by atoms with E-state index in [2.05, 4.69) is 0 Å². The molecule has 0 bridgehead atoms. The van der Waals surface area contributed by atoms with Crippen LogP contribution in [-0.4, -0.2) is 6.54 Å². The number of para-hydroxylation sites is 2. The second kappa shape index (κ2) is 5.39. The number of benzene rings is 2. The third kappa shape index (κ3) is 2.30. The third-order valence-corrected chi connectivity index (χ3v) is 4.50. The number of halogens is 2. The molecule has 3 aromatic rings. The van der Waals surface area contributed by atoms with Crippen molar-refractivity contribution < 1.29 is 8.81 Å². The number of fused-ring (bicyclic) bond motifs is 2. The predicted octanol–water partition coefficient (Wildman–Crippen LogP) is 4.15. The van der Waals surface area contributed by atoms with Crippen LogP contribution in [0.3, 0.4) is 0 Å². The lowest BCUT2D eigenvalue weighted by Crippen LogP contribution is -2.34. The largest absolute Gasteiger partial charge is 0.457 e. The minimum absolute atomic E-state index is 0.0445. The lowest BCUT2D eigenvalue weighted by molar-refractivity contribution is 0.494. The molecule has 3 nitrogen and oxygen atoms in total. The molecule has 0 fully saturated rings. The molecule has 5 heteroatoms. The van der Waals surface area contributed by atoms with Crippen molar-refractivity contribution >= 4 is 28.3 Å². The van der Waals surface area contributed by atoms with Crippen LogP contribution in [0.2, 0.25) is 5.02 Å². The first-order valence-electron chi connectivity index (χ1n) is 7.37. The van der Waals surface area contributed by atoms with Gasteiger partial charge in [-0.05, 0) is 30.7 Å². The van der Waals surface area contributed by atoms with Gasteiger partial charge in [-0.1, -0.05) is 29.8 Å². The lowest BCUT2D eigenvalue weighted by Gasteiger charge is -2.29. The maximum atomic E-state index is 14.0. The molecule has 0 N–H and O–H groups in total. The van der Waals surface area contributed by atoms with Gasteiger partial charge in [-0.25, -0.2) is 4.39 Å². The SMILES string of the molecule is O=c1c2c(oc3c(Cl)cccc13)CN(c1ccccc1F)CC2. The molecular weight excluding hydrogens is 317 g/mol. The van der Waals surface area contributed by atoms with E-state index in [4.69, 9.17) is 16.0 Å². The first kappa shape index (κ1) is 14.3. The van der Waals surface area contributed by atoms with Crippen LogP contribution < -0.4 is 10.3 Å². The normalized spacial score (nSPS) is 14.1. The Hall–Kier alpha value is -2.33. The first-order chi connectivity index (χ1) is 11.1. The molecule has 0 unspecified atom stereocenters. The maximum Gasteiger partial charge on any atom is 0.196 e. The van der Waals surface area contributed by atoms with Crippen LogP contribution in [0, 0.1) is 5.82 Å². The van der Waals surface area contributed by atoms with Gasteiger partial charge in [-0.15, -0.1) is 0 Å². The van der Waals surface area contributed by atoms with E-state index < -0.39 is 0 Å². The van der Waals surface area contributed by atoms with Crippen LogP contribution in [-0.2, 0) is 13.0 Å². The molecule has 23 heavy (non-hydrogen) atoms. The second-order valence-electron chi connectivity index (χ2n) is 5.57. The topological polar surface area (TPSA) is 33.5 Å². The van der Waals surface area contributed by atoms with E-state index >= 15 is 0 Å². The number of anilines is 1. The number of nitrogens with zero attached hydrogens (tertiary/aromatic N) is 1. The number of hydrogen-bond acceptors (Lipinski definition) is 3. The van der Waals surface area contributed by atoms with E-state index in [1.165, 1.54) is 6.07 Å². The lowest BCUT2D eigenvalue weighted by atomic mass is 10.0. The van der Waals surface area contributed by atoms with E-state index in [0.29, 0.717) is 52.5 Å². The molecule has 4 rings (SSSR count). The smallest absolute Gasteiger partial charge is 0.196 e. The summed E-state index contributed by atoms with van der Waals surface area (Å²) in [7, 11) is 0. The van der Waals surface area contributed by atoms with E-state index in [0.717, 1.165) is 0 Å². The summed E-state index contributed by atoms with van der Waals surface area (Å²) in [4.78, 5) is 14.5. The quantitative estimate of drug-likeness (QED) is 0.672. The zero-order valence-electron chi connectivity index (χ0n) is 12.2. The van der Waals surface area contributed by atoms with Crippen molar-refractivity contribution in [2.24, 2.45) is 0 Å². The maximum absolute atomic E-state index is 14.0. The molecular formula is C18H13ClFNO2. The Morgan fingerprint density at radius 3 is 2.78 bits per heavy atom. The predicted molar refractivity (Wildman–Crippen MR) is 88.6 cm³/mol. The summed E-state index contributed by atoms with van der Waals surface area (Å²) in [6.07, 6.45) is 0.522. The van der Waals surface area contributed by atoms with Gasteiger partial charge < -0.3 is 9.32 Å². The number of hydrogen-bond donors (Lipinski definition) is 0. The Kier molecular flexibility index (Phi) is 3.34. The summed E-state index contributed by atoms with van der Waals surface area (Å²) in [6, 6.07) is 11.8. The highest BCUT2D eigenvalue weighted by molar-refractivity contribution is 6.34. The highest BCUT2D eigenvalue weighted by atomic mass is 35.5. The highest BCUT2D eigenvalue weighted by Crippen LogP contribution is 2.29. The van der Waals surface area contributed by atoms with Crippen molar-refractivity contribution in [1.82, 2.24) is 0 Å². The van der Waals surface area contributed by atoms with E-state index in [9.17, 15) is 9.18 Å². The van der Waals surface area contributed by atoms with Gasteiger partial charge in [0.1, 0.15) is 11.6 Å². The van der Waals surface area contributed by atoms with Crippen LogP contribution in [0.15, 0.2) is 51.7 Å².